The summed E-state index contributed by atoms with van der Waals surface area (Å²) in [5, 5.41) is 0. The molecule has 0 amide bonds. The van der Waals surface area contributed by atoms with Crippen molar-refractivity contribution in [3.8, 4) is 0 Å². The molecule has 0 radical (unpaired) electrons. The topological polar surface area (TPSA) is 52.6 Å². The molecule has 0 fully saturated rings. The second-order valence-corrected chi connectivity index (χ2v) is 4.30. The molecule has 0 bridgehead atoms. The van der Waals surface area contributed by atoms with Gasteiger partial charge in [0.25, 0.3) is 0 Å². The highest BCUT2D eigenvalue weighted by Gasteiger charge is 2.11. The lowest BCUT2D eigenvalue weighted by Gasteiger charge is -2.01. The van der Waals surface area contributed by atoms with Gasteiger partial charge in [-0.05, 0) is 37.8 Å². The summed E-state index contributed by atoms with van der Waals surface area (Å²) in [4.78, 5) is 22.7. The molecule has 0 saturated carbocycles. The van der Waals surface area contributed by atoms with Crippen molar-refractivity contribution in [3.63, 3.8) is 0 Å². The molecule has 0 spiro atoms. The monoisotopic (exact) mass is 248 g/mol. The number of carbonyl (C=O) groups excluding carboxylic acids is 2. The molecule has 2 aliphatic carbocycles. The first-order valence-corrected chi connectivity index (χ1v) is 6.24. The standard InChI is InChI=1S/C14H16O4/c15-13(17-11-5-1-2-6-11)9-10-14(16)18-12-7-3-4-8-12/h5,7,9-10H,1-4,6,8H2/b10-9-. The Hall–Kier alpha value is -1.84. The van der Waals surface area contributed by atoms with Crippen LogP contribution in [0.15, 0.2) is 35.8 Å². The minimum atomic E-state index is -0.527. The first-order chi connectivity index (χ1) is 8.74. The van der Waals surface area contributed by atoms with Gasteiger partial charge < -0.3 is 9.47 Å². The van der Waals surface area contributed by atoms with Crippen LogP contribution in [-0.4, -0.2) is 11.9 Å². The van der Waals surface area contributed by atoms with Crippen molar-refractivity contribution >= 4 is 11.9 Å². The molecule has 0 aliphatic heterocycles. The minimum absolute atomic E-state index is 0.527. The summed E-state index contributed by atoms with van der Waals surface area (Å²) in [6, 6.07) is 0. The largest absolute Gasteiger partial charge is 0.428 e. The fraction of sp³-hybridized carbons (Fsp3) is 0.429. The Morgan fingerprint density at radius 2 is 1.33 bits per heavy atom. The highest BCUT2D eigenvalue weighted by atomic mass is 16.5. The van der Waals surface area contributed by atoms with E-state index in [1.807, 2.05) is 12.2 Å². The van der Waals surface area contributed by atoms with Crippen LogP contribution in [0.5, 0.6) is 0 Å². The van der Waals surface area contributed by atoms with Crippen LogP contribution < -0.4 is 0 Å². The quantitative estimate of drug-likeness (QED) is 0.567. The van der Waals surface area contributed by atoms with Crippen LogP contribution in [0.4, 0.5) is 0 Å². The lowest BCUT2D eigenvalue weighted by atomic mass is 10.3. The molecule has 2 aliphatic rings. The van der Waals surface area contributed by atoms with Gasteiger partial charge in [0.2, 0.25) is 0 Å². The zero-order valence-electron chi connectivity index (χ0n) is 10.2. The van der Waals surface area contributed by atoms with Crippen molar-refractivity contribution in [1.29, 1.82) is 0 Å². The number of hydrogen-bond donors (Lipinski definition) is 0. The Bertz CT molecular complexity index is 389. The highest BCUT2D eigenvalue weighted by Crippen LogP contribution is 2.19. The van der Waals surface area contributed by atoms with E-state index in [9.17, 15) is 9.59 Å². The van der Waals surface area contributed by atoms with Crippen LogP contribution in [-0.2, 0) is 19.1 Å². The SMILES string of the molecule is O=C(/C=C\C(=O)OC1=CCCC1)OC1=CCCC1. The summed E-state index contributed by atoms with van der Waals surface area (Å²) in [6.45, 7) is 0. The van der Waals surface area contributed by atoms with Crippen molar-refractivity contribution in [2.45, 2.75) is 38.5 Å². The Morgan fingerprint density at radius 3 is 1.67 bits per heavy atom. The molecule has 2 rings (SSSR count). The van der Waals surface area contributed by atoms with E-state index >= 15 is 0 Å². The Kier molecular flexibility index (Phi) is 4.34. The normalized spacial score (nSPS) is 18.7. The number of allylic oxidation sites excluding steroid dienone is 4. The van der Waals surface area contributed by atoms with E-state index in [-0.39, 0.29) is 0 Å². The van der Waals surface area contributed by atoms with Crippen molar-refractivity contribution in [2.24, 2.45) is 0 Å². The van der Waals surface area contributed by atoms with Gasteiger partial charge in [0, 0.05) is 25.0 Å². The zero-order valence-corrected chi connectivity index (χ0v) is 10.2. The van der Waals surface area contributed by atoms with Gasteiger partial charge in [-0.25, -0.2) is 9.59 Å². The lowest BCUT2D eigenvalue weighted by molar-refractivity contribution is -0.136. The first kappa shape index (κ1) is 12.6. The molecule has 96 valence electrons. The predicted octanol–water partition coefficient (Wildman–Crippen LogP) is 2.76. The minimum Gasteiger partial charge on any atom is -0.428 e. The third-order valence-electron chi connectivity index (χ3n) is 2.82. The molecular formula is C14H16O4. The highest BCUT2D eigenvalue weighted by molar-refractivity contribution is 5.92. The molecule has 0 aromatic rings. The number of esters is 2. The molecular weight excluding hydrogens is 232 g/mol. The van der Waals surface area contributed by atoms with Crippen LogP contribution in [0.2, 0.25) is 0 Å². The molecule has 0 aromatic heterocycles. The van der Waals surface area contributed by atoms with Crippen LogP contribution in [0.3, 0.4) is 0 Å². The van der Waals surface area contributed by atoms with Crippen molar-refractivity contribution in [1.82, 2.24) is 0 Å². The van der Waals surface area contributed by atoms with Crippen molar-refractivity contribution in [3.05, 3.63) is 35.8 Å². The summed E-state index contributed by atoms with van der Waals surface area (Å²) in [5.41, 5.74) is 0. The number of carbonyl (C=O) groups is 2. The van der Waals surface area contributed by atoms with Gasteiger partial charge in [0.05, 0.1) is 0 Å². The molecule has 0 saturated heterocycles. The summed E-state index contributed by atoms with van der Waals surface area (Å²) >= 11 is 0. The molecule has 0 N–H and O–H groups in total. The van der Waals surface area contributed by atoms with Gasteiger partial charge >= 0.3 is 11.9 Å². The molecule has 0 atom stereocenters. The summed E-state index contributed by atoms with van der Waals surface area (Å²) in [5.74, 6) is 0.328. The zero-order chi connectivity index (χ0) is 12.8. The average molecular weight is 248 g/mol. The predicted molar refractivity (Wildman–Crippen MR) is 65.2 cm³/mol. The summed E-state index contributed by atoms with van der Waals surface area (Å²) in [6.07, 6.45) is 11.5. The summed E-state index contributed by atoms with van der Waals surface area (Å²) in [7, 11) is 0. The maximum Gasteiger partial charge on any atom is 0.336 e. The maximum atomic E-state index is 11.4. The Morgan fingerprint density at radius 1 is 0.889 bits per heavy atom. The third kappa shape index (κ3) is 3.87. The molecule has 4 heteroatoms. The van der Waals surface area contributed by atoms with Gasteiger partial charge in [-0.1, -0.05) is 0 Å². The average Bonchev–Trinajstić information content (AvgIpc) is 2.99. The van der Waals surface area contributed by atoms with E-state index in [1.165, 1.54) is 0 Å². The number of rotatable bonds is 4. The Balaban J connectivity index is 1.75. The molecule has 0 heterocycles. The Labute approximate surface area is 106 Å². The van der Waals surface area contributed by atoms with Gasteiger partial charge in [-0.2, -0.15) is 0 Å². The van der Waals surface area contributed by atoms with Gasteiger partial charge in [-0.15, -0.1) is 0 Å². The van der Waals surface area contributed by atoms with E-state index in [4.69, 9.17) is 9.47 Å². The number of hydrogen-bond acceptors (Lipinski definition) is 4. The third-order valence-corrected chi connectivity index (χ3v) is 2.82. The fourth-order valence-corrected chi connectivity index (χ4v) is 1.93. The van der Waals surface area contributed by atoms with Gasteiger partial charge in [0.1, 0.15) is 11.5 Å². The fourth-order valence-electron chi connectivity index (χ4n) is 1.93. The molecule has 0 unspecified atom stereocenters. The molecule has 4 nitrogen and oxygen atoms in total. The summed E-state index contributed by atoms with van der Waals surface area (Å²) < 4.78 is 10.1. The van der Waals surface area contributed by atoms with Crippen molar-refractivity contribution < 1.29 is 19.1 Å². The van der Waals surface area contributed by atoms with Gasteiger partial charge in [0.15, 0.2) is 0 Å². The first-order valence-electron chi connectivity index (χ1n) is 6.24. The van der Waals surface area contributed by atoms with E-state index in [0.29, 0.717) is 11.5 Å². The van der Waals surface area contributed by atoms with E-state index in [1.54, 1.807) is 0 Å². The van der Waals surface area contributed by atoms with E-state index in [0.717, 1.165) is 50.7 Å². The van der Waals surface area contributed by atoms with E-state index < -0.39 is 11.9 Å². The van der Waals surface area contributed by atoms with Gasteiger partial charge in [-0.3, -0.25) is 0 Å². The maximum absolute atomic E-state index is 11.4. The molecule has 18 heavy (non-hydrogen) atoms. The van der Waals surface area contributed by atoms with Crippen LogP contribution in [0.1, 0.15) is 38.5 Å². The molecule has 0 aromatic carbocycles. The number of ether oxygens (including phenoxy) is 2. The second-order valence-electron chi connectivity index (χ2n) is 4.30. The van der Waals surface area contributed by atoms with Crippen LogP contribution in [0.25, 0.3) is 0 Å². The van der Waals surface area contributed by atoms with Crippen LogP contribution in [0, 0.1) is 0 Å². The second kappa shape index (κ2) is 6.19. The van der Waals surface area contributed by atoms with Crippen LogP contribution >= 0.6 is 0 Å². The lowest BCUT2D eigenvalue weighted by Crippen LogP contribution is -2.03. The smallest absolute Gasteiger partial charge is 0.336 e. The van der Waals surface area contributed by atoms with Crippen molar-refractivity contribution in [2.75, 3.05) is 0 Å². The van der Waals surface area contributed by atoms with E-state index in [2.05, 4.69) is 0 Å².